The minimum atomic E-state index is -0.694. The molecule has 4 bridgehead atoms. The van der Waals surface area contributed by atoms with Gasteiger partial charge in [-0.05, 0) is 81.8 Å². The van der Waals surface area contributed by atoms with E-state index in [0.29, 0.717) is 5.92 Å². The Morgan fingerprint density at radius 2 is 1.87 bits per heavy atom. The van der Waals surface area contributed by atoms with Gasteiger partial charge in [-0.1, -0.05) is 19.1 Å². The molecule has 0 N–H and O–H groups in total. The maximum absolute atomic E-state index is 14.2. The summed E-state index contributed by atoms with van der Waals surface area (Å²) in [6, 6.07) is 9.52. The van der Waals surface area contributed by atoms with Crippen LogP contribution in [-0.4, -0.2) is 32.7 Å². The molecule has 7 rings (SSSR count). The number of nitrogens with zero attached hydrogens (tertiary/aromatic N) is 4. The third kappa shape index (κ3) is 2.60. The molecule has 5 fully saturated rings. The molecule has 3 saturated carbocycles. The smallest absolute Gasteiger partial charge is 0.234 e. The summed E-state index contributed by atoms with van der Waals surface area (Å²) in [4.78, 5) is 16.4. The van der Waals surface area contributed by atoms with Crippen molar-refractivity contribution < 1.29 is 4.79 Å². The van der Waals surface area contributed by atoms with Gasteiger partial charge in [-0.25, -0.2) is 0 Å². The molecule has 2 saturated heterocycles. The number of aryl methyl sites for hydroxylation is 1. The van der Waals surface area contributed by atoms with Crippen LogP contribution in [-0.2, 0) is 17.3 Å². The molecule has 2 unspecified atom stereocenters. The van der Waals surface area contributed by atoms with E-state index in [9.17, 15) is 10.1 Å². The van der Waals surface area contributed by atoms with Crippen molar-refractivity contribution in [1.82, 2.24) is 14.7 Å². The molecular formula is C26H32N4O. The molecule has 162 valence electrons. The van der Waals surface area contributed by atoms with Crippen molar-refractivity contribution >= 4 is 16.8 Å². The van der Waals surface area contributed by atoms with Crippen molar-refractivity contribution in [2.45, 2.75) is 89.1 Å². The zero-order valence-corrected chi connectivity index (χ0v) is 19.1. The first-order valence-electron chi connectivity index (χ1n) is 11.9. The summed E-state index contributed by atoms with van der Waals surface area (Å²) in [5, 5.41) is 16.1. The van der Waals surface area contributed by atoms with Gasteiger partial charge in [0.15, 0.2) is 0 Å². The van der Waals surface area contributed by atoms with Crippen LogP contribution in [0, 0.1) is 22.2 Å². The first kappa shape index (κ1) is 19.3. The van der Waals surface area contributed by atoms with Gasteiger partial charge in [-0.3, -0.25) is 9.48 Å². The van der Waals surface area contributed by atoms with Gasteiger partial charge in [0.1, 0.15) is 0 Å². The van der Waals surface area contributed by atoms with Crippen molar-refractivity contribution in [3.63, 3.8) is 0 Å². The fourth-order valence-corrected chi connectivity index (χ4v) is 7.55. The number of hydrogen-bond acceptors (Lipinski definition) is 3. The van der Waals surface area contributed by atoms with Gasteiger partial charge < -0.3 is 4.90 Å². The second kappa shape index (κ2) is 5.91. The number of amides is 1. The molecule has 5 nitrogen and oxygen atoms in total. The Morgan fingerprint density at radius 3 is 2.48 bits per heavy atom. The average Bonchev–Trinajstić information content (AvgIpc) is 3.49. The standard InChI is InChI=1S/C26H32N4O/c1-24(2,22-21-19(16-8-9-16)6-5-7-20(21)29(4)28-22)23(31)30-17-10-25(3)11-18(30)13-26(12-17,14-25)15-27/h5-7,16-18H,8-14H2,1-4H3. The highest BCUT2D eigenvalue weighted by atomic mass is 16.2. The Bertz CT molecular complexity index is 1130. The van der Waals surface area contributed by atoms with E-state index in [1.54, 1.807) is 0 Å². The normalized spacial score (nSPS) is 34.4. The lowest BCUT2D eigenvalue weighted by Crippen LogP contribution is -2.67. The van der Waals surface area contributed by atoms with Gasteiger partial charge in [0.25, 0.3) is 0 Å². The van der Waals surface area contributed by atoms with Crippen molar-refractivity contribution in [2.75, 3.05) is 0 Å². The predicted octanol–water partition coefficient (Wildman–Crippen LogP) is 4.80. The average molecular weight is 417 g/mol. The van der Waals surface area contributed by atoms with Crippen LogP contribution in [0.4, 0.5) is 0 Å². The van der Waals surface area contributed by atoms with Crippen LogP contribution in [0.3, 0.4) is 0 Å². The molecule has 31 heavy (non-hydrogen) atoms. The number of piperidine rings is 2. The van der Waals surface area contributed by atoms with E-state index in [2.05, 4.69) is 49.9 Å². The largest absolute Gasteiger partial charge is 0.336 e. The summed E-state index contributed by atoms with van der Waals surface area (Å²) in [6.45, 7) is 6.46. The maximum atomic E-state index is 14.2. The highest BCUT2D eigenvalue weighted by molar-refractivity contribution is 5.95. The molecule has 2 atom stereocenters. The lowest BCUT2D eigenvalue weighted by atomic mass is 9.50. The lowest BCUT2D eigenvalue weighted by Gasteiger charge is -2.64. The molecular weight excluding hydrogens is 384 g/mol. The van der Waals surface area contributed by atoms with Crippen LogP contribution in [0.25, 0.3) is 10.9 Å². The molecule has 2 aromatic rings. The van der Waals surface area contributed by atoms with Crippen LogP contribution >= 0.6 is 0 Å². The summed E-state index contributed by atoms with van der Waals surface area (Å²) in [7, 11) is 1.99. The Hall–Kier alpha value is -2.35. The van der Waals surface area contributed by atoms with Crippen LogP contribution in [0.2, 0.25) is 0 Å². The second-order valence-electron chi connectivity index (χ2n) is 11.8. The van der Waals surface area contributed by atoms with E-state index in [0.717, 1.165) is 43.3 Å². The van der Waals surface area contributed by atoms with Gasteiger partial charge in [-0.15, -0.1) is 0 Å². The zero-order chi connectivity index (χ0) is 21.8. The monoisotopic (exact) mass is 416 g/mol. The molecule has 1 aromatic heterocycles. The van der Waals surface area contributed by atoms with Gasteiger partial charge >= 0.3 is 0 Å². The molecule has 2 aliphatic heterocycles. The van der Waals surface area contributed by atoms with Crippen LogP contribution in [0.15, 0.2) is 18.2 Å². The Morgan fingerprint density at radius 1 is 1.19 bits per heavy atom. The first-order chi connectivity index (χ1) is 14.7. The van der Waals surface area contributed by atoms with Gasteiger partial charge in [0, 0.05) is 24.5 Å². The van der Waals surface area contributed by atoms with Crippen LogP contribution in [0.5, 0.6) is 0 Å². The second-order valence-corrected chi connectivity index (χ2v) is 11.8. The first-order valence-corrected chi connectivity index (χ1v) is 11.9. The molecule has 5 heteroatoms. The fourth-order valence-electron chi connectivity index (χ4n) is 7.55. The Labute approximate surface area is 184 Å². The summed E-state index contributed by atoms with van der Waals surface area (Å²) in [5.74, 6) is 0.804. The molecule has 0 radical (unpaired) electrons. The summed E-state index contributed by atoms with van der Waals surface area (Å²) in [5.41, 5.74) is 2.69. The Kier molecular flexibility index (Phi) is 3.69. The van der Waals surface area contributed by atoms with Crippen molar-refractivity contribution in [3.05, 3.63) is 29.5 Å². The topological polar surface area (TPSA) is 61.9 Å². The number of carbonyl (C=O) groups excluding carboxylic acids is 1. The number of aromatic nitrogens is 2. The van der Waals surface area contributed by atoms with Crippen molar-refractivity contribution in [3.8, 4) is 6.07 Å². The third-order valence-electron chi connectivity index (χ3n) is 8.79. The van der Waals surface area contributed by atoms with Gasteiger partial charge in [0.2, 0.25) is 5.91 Å². The SMILES string of the molecule is Cn1nc(C(C)(C)C(=O)N2C3CC4(C)CC2CC(C#N)(C3)C4)c2c(C3CC3)cccc21. The molecule has 1 aromatic carbocycles. The highest BCUT2D eigenvalue weighted by Crippen LogP contribution is 2.62. The quantitative estimate of drug-likeness (QED) is 0.722. The number of fused-ring (bicyclic) bond motifs is 1. The molecule has 1 amide bonds. The number of nitriles is 1. The number of hydrogen-bond donors (Lipinski definition) is 0. The van der Waals surface area contributed by atoms with Crippen LogP contribution < -0.4 is 0 Å². The van der Waals surface area contributed by atoms with E-state index < -0.39 is 5.41 Å². The van der Waals surface area contributed by atoms with E-state index >= 15 is 0 Å². The maximum Gasteiger partial charge on any atom is 0.234 e. The summed E-state index contributed by atoms with van der Waals surface area (Å²) >= 11 is 0. The molecule has 5 aliphatic rings. The Balaban J connectivity index is 1.42. The molecule has 3 heterocycles. The molecule has 3 aliphatic carbocycles. The predicted molar refractivity (Wildman–Crippen MR) is 119 cm³/mol. The minimum Gasteiger partial charge on any atom is -0.336 e. The number of benzene rings is 1. The van der Waals surface area contributed by atoms with E-state index in [1.807, 2.05) is 11.7 Å². The number of carbonyl (C=O) groups is 1. The lowest BCUT2D eigenvalue weighted by molar-refractivity contribution is -0.168. The summed E-state index contributed by atoms with van der Waals surface area (Å²) < 4.78 is 1.95. The summed E-state index contributed by atoms with van der Waals surface area (Å²) in [6.07, 6.45) is 7.21. The molecule has 0 spiro atoms. The fraction of sp³-hybridized carbons (Fsp3) is 0.654. The van der Waals surface area contributed by atoms with E-state index in [-0.39, 0.29) is 28.8 Å². The van der Waals surface area contributed by atoms with Crippen molar-refractivity contribution in [1.29, 1.82) is 5.26 Å². The van der Waals surface area contributed by atoms with Crippen LogP contribution in [0.1, 0.15) is 82.9 Å². The number of rotatable bonds is 3. The highest BCUT2D eigenvalue weighted by Gasteiger charge is 2.61. The van der Waals surface area contributed by atoms with E-state index in [1.165, 1.54) is 23.8 Å². The van der Waals surface area contributed by atoms with Gasteiger partial charge in [0.05, 0.1) is 28.1 Å². The van der Waals surface area contributed by atoms with E-state index in [4.69, 9.17) is 5.10 Å². The minimum absolute atomic E-state index is 0.190. The zero-order valence-electron chi connectivity index (χ0n) is 19.1. The third-order valence-corrected chi connectivity index (χ3v) is 8.79. The van der Waals surface area contributed by atoms with Crippen molar-refractivity contribution in [2.24, 2.45) is 17.9 Å². The van der Waals surface area contributed by atoms with Gasteiger partial charge in [-0.2, -0.15) is 10.4 Å².